The highest BCUT2D eigenvalue weighted by Crippen LogP contribution is 2.38. The molecule has 1 aromatic carbocycles. The van der Waals surface area contributed by atoms with Crippen LogP contribution in [-0.4, -0.2) is 41.1 Å². The van der Waals surface area contributed by atoms with Crippen LogP contribution in [0.25, 0.3) is 0 Å². The number of nitrogens with zero attached hydrogens (tertiary/aromatic N) is 3. The predicted octanol–water partition coefficient (Wildman–Crippen LogP) is 3.81. The fourth-order valence-electron chi connectivity index (χ4n) is 3.49. The van der Waals surface area contributed by atoms with Gasteiger partial charge in [-0.05, 0) is 65.7 Å². The number of halogens is 1. The van der Waals surface area contributed by atoms with Crippen molar-refractivity contribution in [3.8, 4) is 5.75 Å². The van der Waals surface area contributed by atoms with Gasteiger partial charge in [0.05, 0.1) is 12.7 Å². The molecule has 1 amide bonds. The molecule has 2 aliphatic rings. The van der Waals surface area contributed by atoms with Crippen LogP contribution in [0.15, 0.2) is 27.2 Å². The zero-order valence-electron chi connectivity index (χ0n) is 14.8. The van der Waals surface area contributed by atoms with E-state index in [1.165, 1.54) is 12.8 Å². The molecule has 0 spiro atoms. The smallest absolute Gasteiger partial charge is 0.255 e. The van der Waals surface area contributed by atoms with E-state index in [0.29, 0.717) is 35.6 Å². The zero-order chi connectivity index (χ0) is 18.1. The Morgan fingerprint density at radius 2 is 2.23 bits per heavy atom. The highest BCUT2D eigenvalue weighted by atomic mass is 79.9. The van der Waals surface area contributed by atoms with Gasteiger partial charge in [0.25, 0.3) is 5.91 Å². The van der Waals surface area contributed by atoms with E-state index in [2.05, 4.69) is 26.1 Å². The lowest BCUT2D eigenvalue weighted by Crippen LogP contribution is -2.40. The Morgan fingerprint density at radius 1 is 1.38 bits per heavy atom. The monoisotopic (exact) mass is 419 g/mol. The summed E-state index contributed by atoms with van der Waals surface area (Å²) in [5, 5.41) is 4.09. The van der Waals surface area contributed by atoms with E-state index in [4.69, 9.17) is 9.26 Å². The van der Waals surface area contributed by atoms with Gasteiger partial charge in [-0.1, -0.05) is 5.16 Å². The second-order valence-electron chi connectivity index (χ2n) is 7.13. The van der Waals surface area contributed by atoms with Crippen LogP contribution >= 0.6 is 15.9 Å². The van der Waals surface area contributed by atoms with Crippen molar-refractivity contribution >= 4 is 21.8 Å². The summed E-state index contributed by atoms with van der Waals surface area (Å²) in [6.07, 6.45) is 5.13. The highest BCUT2D eigenvalue weighted by Gasteiger charge is 2.30. The Morgan fingerprint density at radius 3 is 3.00 bits per heavy atom. The first kappa shape index (κ1) is 17.5. The van der Waals surface area contributed by atoms with Crippen LogP contribution in [0.3, 0.4) is 0 Å². The van der Waals surface area contributed by atoms with Gasteiger partial charge in [-0.15, -0.1) is 0 Å². The Labute approximate surface area is 161 Å². The van der Waals surface area contributed by atoms with Crippen LogP contribution in [0.4, 0.5) is 0 Å². The van der Waals surface area contributed by atoms with Gasteiger partial charge in [-0.25, -0.2) is 0 Å². The van der Waals surface area contributed by atoms with E-state index in [0.717, 1.165) is 36.1 Å². The predicted molar refractivity (Wildman–Crippen MR) is 99.3 cm³/mol. The first-order valence-electron chi connectivity index (χ1n) is 9.09. The maximum atomic E-state index is 13.0. The maximum Gasteiger partial charge on any atom is 0.255 e. The molecule has 1 saturated heterocycles. The third-order valence-corrected chi connectivity index (χ3v) is 5.79. The van der Waals surface area contributed by atoms with Gasteiger partial charge in [0.15, 0.2) is 5.82 Å². The zero-order valence-corrected chi connectivity index (χ0v) is 16.4. The molecule has 6 nitrogen and oxygen atoms in total. The molecule has 0 bridgehead atoms. The number of aromatic nitrogens is 2. The summed E-state index contributed by atoms with van der Waals surface area (Å²) in [5.41, 5.74) is 0.638. The summed E-state index contributed by atoms with van der Waals surface area (Å²) in [6, 6.07) is 5.48. The molecule has 26 heavy (non-hydrogen) atoms. The van der Waals surface area contributed by atoms with Gasteiger partial charge < -0.3 is 14.2 Å². The average Bonchev–Trinajstić information content (AvgIpc) is 3.41. The SMILES string of the molecule is COc1ccc(Br)c(C(=O)N2CCCC(Cc3nc(C4CC4)no3)C2)c1. The van der Waals surface area contributed by atoms with E-state index in [-0.39, 0.29) is 5.91 Å². The summed E-state index contributed by atoms with van der Waals surface area (Å²) in [4.78, 5) is 19.4. The largest absolute Gasteiger partial charge is 0.497 e. The number of methoxy groups -OCH3 is 1. The van der Waals surface area contributed by atoms with Crippen molar-refractivity contribution in [2.45, 2.75) is 38.0 Å². The molecule has 1 aliphatic carbocycles. The molecule has 138 valence electrons. The molecule has 1 aliphatic heterocycles. The van der Waals surface area contributed by atoms with Crippen molar-refractivity contribution < 1.29 is 14.1 Å². The second kappa shape index (κ2) is 7.39. The summed E-state index contributed by atoms with van der Waals surface area (Å²) >= 11 is 3.48. The minimum atomic E-state index is 0.0321. The van der Waals surface area contributed by atoms with Gasteiger partial charge in [0, 0.05) is 29.9 Å². The number of likely N-dealkylation sites (tertiary alicyclic amines) is 1. The van der Waals surface area contributed by atoms with Crippen LogP contribution < -0.4 is 4.74 Å². The first-order chi connectivity index (χ1) is 12.6. The van der Waals surface area contributed by atoms with Crippen molar-refractivity contribution in [1.82, 2.24) is 15.0 Å². The number of hydrogen-bond donors (Lipinski definition) is 0. The topological polar surface area (TPSA) is 68.5 Å². The molecule has 1 atom stereocenters. The second-order valence-corrected chi connectivity index (χ2v) is 7.98. The number of ether oxygens (including phenoxy) is 1. The minimum Gasteiger partial charge on any atom is -0.497 e. The lowest BCUT2D eigenvalue weighted by Gasteiger charge is -2.32. The lowest BCUT2D eigenvalue weighted by atomic mass is 9.94. The normalized spacial score (nSPS) is 20.2. The molecule has 4 rings (SSSR count). The summed E-state index contributed by atoms with van der Waals surface area (Å²) in [7, 11) is 1.61. The number of benzene rings is 1. The lowest BCUT2D eigenvalue weighted by molar-refractivity contribution is 0.0667. The van der Waals surface area contributed by atoms with Gasteiger partial charge >= 0.3 is 0 Å². The Hall–Kier alpha value is -1.89. The fourth-order valence-corrected chi connectivity index (χ4v) is 3.90. The number of hydrogen-bond acceptors (Lipinski definition) is 5. The van der Waals surface area contributed by atoms with Crippen LogP contribution in [-0.2, 0) is 6.42 Å². The van der Waals surface area contributed by atoms with Crippen LogP contribution in [0, 0.1) is 5.92 Å². The first-order valence-corrected chi connectivity index (χ1v) is 9.88. The van der Waals surface area contributed by atoms with E-state index in [9.17, 15) is 4.79 Å². The number of carbonyl (C=O) groups excluding carboxylic acids is 1. The van der Waals surface area contributed by atoms with Crippen LogP contribution in [0.5, 0.6) is 5.75 Å². The van der Waals surface area contributed by atoms with Crippen molar-refractivity contribution in [2.24, 2.45) is 5.92 Å². The molecule has 0 radical (unpaired) electrons. The van der Waals surface area contributed by atoms with E-state index in [1.807, 2.05) is 17.0 Å². The molecule has 1 aromatic heterocycles. The summed E-state index contributed by atoms with van der Waals surface area (Å²) < 4.78 is 11.5. The van der Waals surface area contributed by atoms with Crippen molar-refractivity contribution in [2.75, 3.05) is 20.2 Å². The van der Waals surface area contributed by atoms with Crippen LogP contribution in [0.2, 0.25) is 0 Å². The number of amides is 1. The molecule has 2 aromatic rings. The molecular formula is C19H22BrN3O3. The third kappa shape index (κ3) is 3.77. The van der Waals surface area contributed by atoms with Gasteiger partial charge in [-0.2, -0.15) is 4.98 Å². The number of rotatable bonds is 5. The van der Waals surface area contributed by atoms with E-state index < -0.39 is 0 Å². The number of piperidine rings is 1. The third-order valence-electron chi connectivity index (χ3n) is 5.10. The molecule has 7 heteroatoms. The molecule has 1 saturated carbocycles. The van der Waals surface area contributed by atoms with Crippen LogP contribution in [0.1, 0.15) is 53.7 Å². The minimum absolute atomic E-state index is 0.0321. The average molecular weight is 420 g/mol. The maximum absolute atomic E-state index is 13.0. The van der Waals surface area contributed by atoms with E-state index in [1.54, 1.807) is 13.2 Å². The van der Waals surface area contributed by atoms with Crippen molar-refractivity contribution in [1.29, 1.82) is 0 Å². The van der Waals surface area contributed by atoms with Gasteiger partial charge in [-0.3, -0.25) is 4.79 Å². The van der Waals surface area contributed by atoms with E-state index >= 15 is 0 Å². The molecule has 2 heterocycles. The summed E-state index contributed by atoms with van der Waals surface area (Å²) in [5.74, 6) is 3.12. The van der Waals surface area contributed by atoms with Crippen molar-refractivity contribution in [3.05, 3.63) is 40.0 Å². The van der Waals surface area contributed by atoms with Crippen molar-refractivity contribution in [3.63, 3.8) is 0 Å². The fraction of sp³-hybridized carbons (Fsp3) is 0.526. The summed E-state index contributed by atoms with van der Waals surface area (Å²) in [6.45, 7) is 1.49. The van der Waals surface area contributed by atoms with Gasteiger partial charge in [0.1, 0.15) is 5.75 Å². The standard InChI is InChI=1S/C19H22BrN3O3/c1-25-14-6-7-16(20)15(10-14)19(24)23-8-2-3-12(11-23)9-17-21-18(22-26-17)13-4-5-13/h6-7,10,12-13H,2-5,8-9,11H2,1H3. The Kier molecular flexibility index (Phi) is 4.98. The Bertz CT molecular complexity index is 803. The number of carbonyl (C=O) groups is 1. The molecule has 2 fully saturated rings. The quantitative estimate of drug-likeness (QED) is 0.736. The van der Waals surface area contributed by atoms with Gasteiger partial charge in [0.2, 0.25) is 5.89 Å². The molecule has 0 N–H and O–H groups in total. The molecule has 1 unspecified atom stereocenters. The highest BCUT2D eigenvalue weighted by molar-refractivity contribution is 9.10. The molecular weight excluding hydrogens is 398 g/mol. The Balaban J connectivity index is 1.43.